The minimum absolute atomic E-state index is 0. The van der Waals surface area contributed by atoms with Crippen LogP contribution in [0.2, 0.25) is 0 Å². The van der Waals surface area contributed by atoms with Gasteiger partial charge in [-0.15, -0.1) is 0 Å². The number of rotatable bonds is 2. The monoisotopic (exact) mass is 260 g/mol. The number of hydrogen-bond acceptors (Lipinski definition) is 2. The van der Waals surface area contributed by atoms with Crippen LogP contribution < -0.4 is 21.5 Å². The summed E-state index contributed by atoms with van der Waals surface area (Å²) in [5, 5.41) is 0. The van der Waals surface area contributed by atoms with Gasteiger partial charge in [0.05, 0.1) is 0 Å². The van der Waals surface area contributed by atoms with E-state index in [9.17, 15) is 9.59 Å². The standard InChI is InChI=1S/C9H13N2O2.BrH/c1-3-8(12)10-5-6-11(7-10)9(13)4-2;/h5-7H,3-4H2,1-2H3;1H/q+1;/p-1. The van der Waals surface area contributed by atoms with E-state index in [0.717, 1.165) is 0 Å². The van der Waals surface area contributed by atoms with Crippen molar-refractivity contribution in [3.05, 3.63) is 18.7 Å². The summed E-state index contributed by atoms with van der Waals surface area (Å²) in [5.41, 5.74) is 0. The van der Waals surface area contributed by atoms with Crippen molar-refractivity contribution in [3.63, 3.8) is 0 Å². The Hall–Kier alpha value is -0.970. The van der Waals surface area contributed by atoms with Gasteiger partial charge in [-0.3, -0.25) is 0 Å². The summed E-state index contributed by atoms with van der Waals surface area (Å²) in [7, 11) is 0. The number of aromatic nitrogens is 2. The van der Waals surface area contributed by atoms with Gasteiger partial charge < -0.3 is 17.0 Å². The van der Waals surface area contributed by atoms with Crippen LogP contribution in [-0.4, -0.2) is 16.4 Å². The Morgan fingerprint density at radius 3 is 2.43 bits per heavy atom. The van der Waals surface area contributed by atoms with Gasteiger partial charge in [0.25, 0.3) is 6.33 Å². The summed E-state index contributed by atoms with van der Waals surface area (Å²) in [4.78, 5) is 22.4. The zero-order chi connectivity index (χ0) is 9.84. The van der Waals surface area contributed by atoms with Crippen molar-refractivity contribution in [1.82, 2.24) is 4.57 Å². The molecule has 0 amide bonds. The lowest BCUT2D eigenvalue weighted by Crippen LogP contribution is -3.00. The summed E-state index contributed by atoms with van der Waals surface area (Å²) in [5.74, 6) is -0.0229. The lowest BCUT2D eigenvalue weighted by atomic mass is 10.4. The molecule has 0 fully saturated rings. The SMILES string of the molecule is CCC(=O)n1cc[n+](C(=O)CC)c1.[Br-]. The van der Waals surface area contributed by atoms with Gasteiger partial charge in [-0.1, -0.05) is 13.8 Å². The molecule has 1 aromatic rings. The number of imidazole rings is 1. The third-order valence-corrected chi connectivity index (χ3v) is 1.82. The smallest absolute Gasteiger partial charge is 0.313 e. The highest BCUT2D eigenvalue weighted by Gasteiger charge is 2.13. The van der Waals surface area contributed by atoms with Crippen LogP contribution in [0.3, 0.4) is 0 Å². The summed E-state index contributed by atoms with van der Waals surface area (Å²) in [6, 6.07) is 0. The summed E-state index contributed by atoms with van der Waals surface area (Å²) in [6.45, 7) is 3.57. The van der Waals surface area contributed by atoms with E-state index in [4.69, 9.17) is 0 Å². The first-order valence-electron chi connectivity index (χ1n) is 4.34. The van der Waals surface area contributed by atoms with Crippen molar-refractivity contribution in [3.8, 4) is 0 Å². The first-order valence-corrected chi connectivity index (χ1v) is 4.34. The highest BCUT2D eigenvalue weighted by Crippen LogP contribution is 1.89. The first-order chi connectivity index (χ1) is 6.19. The Balaban J connectivity index is 0.00000169. The zero-order valence-electron chi connectivity index (χ0n) is 8.24. The third-order valence-electron chi connectivity index (χ3n) is 1.82. The molecule has 78 valence electrons. The van der Waals surface area contributed by atoms with Gasteiger partial charge in [0.15, 0.2) is 0 Å². The average molecular weight is 261 g/mol. The van der Waals surface area contributed by atoms with Gasteiger partial charge in [0, 0.05) is 12.8 Å². The van der Waals surface area contributed by atoms with E-state index < -0.39 is 0 Å². The molecular formula is C9H13BrN2O2. The molecule has 0 bridgehead atoms. The molecule has 0 spiro atoms. The number of nitrogens with zero attached hydrogens (tertiary/aromatic N) is 2. The molecule has 0 N–H and O–H groups in total. The van der Waals surface area contributed by atoms with Crippen LogP contribution in [-0.2, 0) is 0 Å². The Kier molecular flexibility index (Phi) is 5.30. The molecule has 1 aromatic heterocycles. The lowest BCUT2D eigenvalue weighted by molar-refractivity contribution is -0.573. The molecule has 0 unspecified atom stereocenters. The highest BCUT2D eigenvalue weighted by atomic mass is 79.9. The van der Waals surface area contributed by atoms with Crippen molar-refractivity contribution in [2.24, 2.45) is 0 Å². The molecule has 5 heteroatoms. The van der Waals surface area contributed by atoms with Crippen LogP contribution in [0.5, 0.6) is 0 Å². The van der Waals surface area contributed by atoms with Gasteiger partial charge in [-0.2, -0.15) is 9.13 Å². The fourth-order valence-electron chi connectivity index (χ4n) is 1.01. The maximum absolute atomic E-state index is 11.2. The van der Waals surface area contributed by atoms with E-state index >= 15 is 0 Å². The van der Waals surface area contributed by atoms with Gasteiger partial charge in [-0.25, -0.2) is 9.59 Å². The van der Waals surface area contributed by atoms with Crippen molar-refractivity contribution in [2.75, 3.05) is 0 Å². The lowest BCUT2D eigenvalue weighted by Gasteiger charge is -1.88. The molecule has 0 aromatic carbocycles. The normalized spacial score (nSPS) is 9.29. The zero-order valence-corrected chi connectivity index (χ0v) is 9.82. The predicted molar refractivity (Wildman–Crippen MR) is 46.5 cm³/mol. The Morgan fingerprint density at radius 1 is 1.29 bits per heavy atom. The molecule has 1 heterocycles. The molecule has 0 saturated carbocycles. The number of carbonyl (C=O) groups excluding carboxylic acids is 2. The molecule has 0 aliphatic rings. The van der Waals surface area contributed by atoms with Crippen molar-refractivity contribution >= 4 is 11.8 Å². The summed E-state index contributed by atoms with van der Waals surface area (Å²) >= 11 is 0. The van der Waals surface area contributed by atoms with Crippen molar-refractivity contribution < 1.29 is 31.1 Å². The van der Waals surface area contributed by atoms with Crippen LogP contribution in [0.15, 0.2) is 18.7 Å². The highest BCUT2D eigenvalue weighted by molar-refractivity contribution is 5.78. The van der Waals surface area contributed by atoms with Gasteiger partial charge in [-0.05, 0) is 0 Å². The van der Waals surface area contributed by atoms with Crippen molar-refractivity contribution in [2.45, 2.75) is 26.7 Å². The summed E-state index contributed by atoms with van der Waals surface area (Å²) < 4.78 is 2.85. The minimum Gasteiger partial charge on any atom is -1.00 e. The van der Waals surface area contributed by atoms with Gasteiger partial charge >= 0.3 is 11.8 Å². The molecule has 4 nitrogen and oxygen atoms in total. The molecule has 0 aliphatic heterocycles. The van der Waals surface area contributed by atoms with Gasteiger partial charge in [0.2, 0.25) is 0 Å². The number of halogens is 1. The average Bonchev–Trinajstić information content (AvgIpc) is 2.64. The third kappa shape index (κ3) is 2.77. The quantitative estimate of drug-likeness (QED) is 0.571. The minimum atomic E-state index is -0.0114. The molecular weight excluding hydrogens is 248 g/mol. The maximum Gasteiger partial charge on any atom is 0.313 e. The first kappa shape index (κ1) is 13.0. The van der Waals surface area contributed by atoms with Crippen LogP contribution in [0.4, 0.5) is 0 Å². The number of hydrogen-bond donors (Lipinski definition) is 0. The molecule has 0 saturated heterocycles. The Labute approximate surface area is 93.3 Å². The molecule has 0 atom stereocenters. The summed E-state index contributed by atoms with van der Waals surface area (Å²) in [6.07, 6.45) is 5.58. The largest absolute Gasteiger partial charge is 1.00 e. The molecule has 0 radical (unpaired) electrons. The second kappa shape index (κ2) is 5.70. The Bertz CT molecular complexity index is 303. The van der Waals surface area contributed by atoms with Crippen molar-refractivity contribution in [1.29, 1.82) is 0 Å². The fourth-order valence-corrected chi connectivity index (χ4v) is 1.01. The van der Waals surface area contributed by atoms with E-state index in [-0.39, 0.29) is 28.8 Å². The van der Waals surface area contributed by atoms with Crippen LogP contribution in [0, 0.1) is 0 Å². The second-order valence-electron chi connectivity index (χ2n) is 2.72. The van der Waals surface area contributed by atoms with E-state index in [1.54, 1.807) is 26.2 Å². The predicted octanol–water partition coefficient (Wildman–Crippen LogP) is -2.12. The van der Waals surface area contributed by atoms with E-state index in [2.05, 4.69) is 0 Å². The Morgan fingerprint density at radius 2 is 1.93 bits per heavy atom. The van der Waals surface area contributed by atoms with Gasteiger partial charge in [0.1, 0.15) is 12.4 Å². The van der Waals surface area contributed by atoms with Crippen LogP contribution in [0.25, 0.3) is 0 Å². The van der Waals surface area contributed by atoms with E-state index in [1.807, 2.05) is 0 Å². The maximum atomic E-state index is 11.2. The molecule has 0 aliphatic carbocycles. The molecule has 14 heavy (non-hydrogen) atoms. The second-order valence-corrected chi connectivity index (χ2v) is 2.72. The van der Waals surface area contributed by atoms with Crippen LogP contribution in [0.1, 0.15) is 36.3 Å². The van der Waals surface area contributed by atoms with E-state index in [1.165, 1.54) is 15.5 Å². The number of carbonyl (C=O) groups is 2. The van der Waals surface area contributed by atoms with E-state index in [0.29, 0.717) is 12.8 Å². The fraction of sp³-hybridized carbons (Fsp3) is 0.444. The topological polar surface area (TPSA) is 43.0 Å². The molecule has 1 rings (SSSR count). The van der Waals surface area contributed by atoms with Crippen LogP contribution >= 0.6 is 0 Å².